The minimum absolute atomic E-state index is 0.0325. The maximum absolute atomic E-state index is 13.9. The van der Waals surface area contributed by atoms with Crippen molar-refractivity contribution >= 4 is 40.5 Å². The summed E-state index contributed by atoms with van der Waals surface area (Å²) in [5.41, 5.74) is 0.175. The fourth-order valence-corrected chi connectivity index (χ4v) is 4.35. The summed E-state index contributed by atoms with van der Waals surface area (Å²) in [6.45, 7) is 3.55. The molecular weight excluding hydrogens is 512 g/mol. The summed E-state index contributed by atoms with van der Waals surface area (Å²) in [7, 11) is 0. The van der Waals surface area contributed by atoms with Crippen molar-refractivity contribution in [3.8, 4) is 0 Å². The number of benzene rings is 3. The van der Waals surface area contributed by atoms with Crippen molar-refractivity contribution in [2.24, 2.45) is 0 Å². The average molecular weight is 530 g/mol. The second-order valence-corrected chi connectivity index (χ2v) is 8.73. The molecule has 1 aliphatic rings. The second-order valence-electron chi connectivity index (χ2n) is 7.92. The molecule has 11 heteroatoms. The van der Waals surface area contributed by atoms with Gasteiger partial charge in [-0.25, -0.2) is 22.0 Å². The monoisotopic (exact) mass is 529 g/mol. The number of hydrogen-bond donors (Lipinski definition) is 1. The first kappa shape index (κ1) is 25.2. The first-order valence-electron chi connectivity index (χ1n) is 10.5. The molecule has 4 nitrogen and oxygen atoms in total. The van der Waals surface area contributed by atoms with Crippen LogP contribution in [0.3, 0.4) is 0 Å². The standard InChI is InChI=1S/C24H18Cl2F5N3O/c25-15-4-2-1-3-13(15)12-33-7-9-34(10-8-33)17-6-5-14(11-16(17)26)32-24(35)18-19(27)21(29)23(31)22(30)20(18)28/h1-6,11H,7-10,12H2,(H,32,35). The summed E-state index contributed by atoms with van der Waals surface area (Å²) in [5, 5.41) is 3.09. The summed E-state index contributed by atoms with van der Waals surface area (Å²) >= 11 is 12.6. The van der Waals surface area contributed by atoms with E-state index >= 15 is 0 Å². The zero-order valence-corrected chi connectivity index (χ0v) is 19.5. The smallest absolute Gasteiger partial charge is 0.261 e. The fraction of sp³-hybridized carbons (Fsp3) is 0.208. The molecule has 1 aliphatic heterocycles. The number of amides is 1. The van der Waals surface area contributed by atoms with E-state index in [1.54, 1.807) is 6.07 Å². The highest BCUT2D eigenvalue weighted by molar-refractivity contribution is 6.33. The van der Waals surface area contributed by atoms with E-state index in [1.165, 1.54) is 12.1 Å². The Hall–Kier alpha value is -2.88. The van der Waals surface area contributed by atoms with Crippen LogP contribution < -0.4 is 10.2 Å². The number of carbonyl (C=O) groups is 1. The Morgan fingerprint density at radius 1 is 0.800 bits per heavy atom. The van der Waals surface area contributed by atoms with Crippen LogP contribution in [0.15, 0.2) is 42.5 Å². The molecule has 0 bridgehead atoms. The molecule has 0 radical (unpaired) electrons. The first-order chi connectivity index (χ1) is 16.7. The van der Waals surface area contributed by atoms with Gasteiger partial charge in [0.2, 0.25) is 5.82 Å². The Morgan fingerprint density at radius 3 is 2.00 bits per heavy atom. The van der Waals surface area contributed by atoms with Crippen molar-refractivity contribution in [3.63, 3.8) is 0 Å². The Morgan fingerprint density at radius 2 is 1.40 bits per heavy atom. The Kier molecular flexibility index (Phi) is 7.49. The molecule has 1 amide bonds. The van der Waals surface area contributed by atoms with Crippen molar-refractivity contribution in [2.45, 2.75) is 6.54 Å². The molecule has 1 saturated heterocycles. The van der Waals surface area contributed by atoms with Crippen LogP contribution in [0, 0.1) is 29.1 Å². The maximum Gasteiger partial charge on any atom is 0.261 e. The minimum atomic E-state index is -2.34. The van der Waals surface area contributed by atoms with Crippen LogP contribution in [0.25, 0.3) is 0 Å². The third kappa shape index (κ3) is 5.22. The van der Waals surface area contributed by atoms with Crippen molar-refractivity contribution in [1.82, 2.24) is 4.90 Å². The molecule has 0 spiro atoms. The minimum Gasteiger partial charge on any atom is -0.368 e. The highest BCUT2D eigenvalue weighted by atomic mass is 35.5. The molecular formula is C24H18Cl2F5N3O. The van der Waals surface area contributed by atoms with Crippen LogP contribution in [-0.4, -0.2) is 37.0 Å². The normalized spacial score (nSPS) is 14.3. The zero-order chi connectivity index (χ0) is 25.3. The van der Waals surface area contributed by atoms with E-state index in [4.69, 9.17) is 23.2 Å². The van der Waals surface area contributed by atoms with Gasteiger partial charge in [-0.05, 0) is 29.8 Å². The zero-order valence-electron chi connectivity index (χ0n) is 18.0. The number of piperazine rings is 1. The van der Waals surface area contributed by atoms with Gasteiger partial charge in [-0.15, -0.1) is 0 Å². The fourth-order valence-electron chi connectivity index (χ4n) is 3.85. The topological polar surface area (TPSA) is 35.6 Å². The Balaban J connectivity index is 1.43. The first-order valence-corrected chi connectivity index (χ1v) is 11.3. The molecule has 0 unspecified atom stereocenters. The Bertz CT molecular complexity index is 1250. The number of nitrogens with zero attached hydrogens (tertiary/aromatic N) is 2. The van der Waals surface area contributed by atoms with Crippen molar-refractivity contribution in [1.29, 1.82) is 0 Å². The number of hydrogen-bond acceptors (Lipinski definition) is 3. The summed E-state index contributed by atoms with van der Waals surface area (Å²) < 4.78 is 67.9. The van der Waals surface area contributed by atoms with E-state index < -0.39 is 40.6 Å². The summed E-state index contributed by atoms with van der Waals surface area (Å²) in [5.74, 6) is -12.6. The lowest BCUT2D eigenvalue weighted by Gasteiger charge is -2.36. The third-order valence-electron chi connectivity index (χ3n) is 5.71. The summed E-state index contributed by atoms with van der Waals surface area (Å²) in [4.78, 5) is 16.6. The van der Waals surface area contributed by atoms with Gasteiger partial charge >= 0.3 is 0 Å². The van der Waals surface area contributed by atoms with E-state index in [1.807, 2.05) is 29.2 Å². The van der Waals surface area contributed by atoms with Gasteiger partial charge in [-0.3, -0.25) is 9.69 Å². The van der Waals surface area contributed by atoms with Crippen LogP contribution in [0.5, 0.6) is 0 Å². The number of anilines is 2. The molecule has 3 aromatic rings. The van der Waals surface area contributed by atoms with Crippen LogP contribution in [0.2, 0.25) is 10.0 Å². The van der Waals surface area contributed by atoms with Gasteiger partial charge in [-0.1, -0.05) is 41.4 Å². The van der Waals surface area contributed by atoms with Crippen LogP contribution in [0.1, 0.15) is 15.9 Å². The summed E-state index contributed by atoms with van der Waals surface area (Å²) in [6, 6.07) is 12.0. The third-order valence-corrected chi connectivity index (χ3v) is 6.38. The lowest BCUT2D eigenvalue weighted by molar-refractivity contribution is 0.101. The molecule has 35 heavy (non-hydrogen) atoms. The summed E-state index contributed by atoms with van der Waals surface area (Å²) in [6.07, 6.45) is 0. The SMILES string of the molecule is O=C(Nc1ccc(N2CCN(Cc3ccccc3Cl)CC2)c(Cl)c1)c1c(F)c(F)c(F)c(F)c1F. The van der Waals surface area contributed by atoms with E-state index in [0.29, 0.717) is 30.3 Å². The quantitative estimate of drug-likeness (QED) is 0.240. The van der Waals surface area contributed by atoms with Gasteiger partial charge in [0, 0.05) is 43.4 Å². The largest absolute Gasteiger partial charge is 0.368 e. The molecule has 184 valence electrons. The molecule has 0 aromatic heterocycles. The maximum atomic E-state index is 13.9. The van der Waals surface area contributed by atoms with Gasteiger partial charge in [0.15, 0.2) is 23.3 Å². The molecule has 0 saturated carbocycles. The molecule has 1 fully saturated rings. The van der Waals surface area contributed by atoms with Crippen molar-refractivity contribution in [3.05, 3.63) is 92.7 Å². The van der Waals surface area contributed by atoms with Crippen molar-refractivity contribution < 1.29 is 26.7 Å². The number of nitrogens with one attached hydrogen (secondary N) is 1. The highest BCUT2D eigenvalue weighted by Crippen LogP contribution is 2.31. The number of halogens is 7. The van der Waals surface area contributed by atoms with E-state index in [2.05, 4.69) is 10.2 Å². The van der Waals surface area contributed by atoms with Gasteiger partial charge in [0.05, 0.1) is 10.7 Å². The average Bonchev–Trinajstić information content (AvgIpc) is 2.84. The molecule has 1 N–H and O–H groups in total. The number of rotatable bonds is 5. The second kappa shape index (κ2) is 10.4. The van der Waals surface area contributed by atoms with E-state index in [0.717, 1.165) is 18.7 Å². The van der Waals surface area contributed by atoms with Gasteiger partial charge in [0.1, 0.15) is 5.56 Å². The number of carbonyl (C=O) groups excluding carboxylic acids is 1. The van der Waals surface area contributed by atoms with Gasteiger partial charge in [0.25, 0.3) is 5.91 Å². The van der Waals surface area contributed by atoms with Crippen LogP contribution in [0.4, 0.5) is 33.3 Å². The van der Waals surface area contributed by atoms with Crippen LogP contribution in [-0.2, 0) is 6.54 Å². The van der Waals surface area contributed by atoms with Gasteiger partial charge < -0.3 is 10.2 Å². The van der Waals surface area contributed by atoms with E-state index in [9.17, 15) is 26.7 Å². The Labute approximate surface area is 207 Å². The highest BCUT2D eigenvalue weighted by Gasteiger charge is 2.30. The molecule has 0 aliphatic carbocycles. The predicted molar refractivity (Wildman–Crippen MR) is 125 cm³/mol. The predicted octanol–water partition coefficient (Wildman–Crippen LogP) is 6.26. The molecule has 1 heterocycles. The molecule has 3 aromatic carbocycles. The van der Waals surface area contributed by atoms with Crippen LogP contribution >= 0.6 is 23.2 Å². The van der Waals surface area contributed by atoms with Gasteiger partial charge in [-0.2, -0.15) is 0 Å². The van der Waals surface area contributed by atoms with Crippen molar-refractivity contribution in [2.75, 3.05) is 36.4 Å². The molecule has 0 atom stereocenters. The lowest BCUT2D eigenvalue weighted by atomic mass is 10.1. The molecule has 4 rings (SSSR count). The van der Waals surface area contributed by atoms with E-state index in [-0.39, 0.29) is 10.7 Å². The lowest BCUT2D eigenvalue weighted by Crippen LogP contribution is -2.46.